The number of nitrogens with zero attached hydrogens (tertiary/aromatic N) is 6. The van der Waals surface area contributed by atoms with Crippen LogP contribution >= 0.6 is 12.4 Å². The molecule has 1 aliphatic carbocycles. The van der Waals surface area contributed by atoms with E-state index in [2.05, 4.69) is 35.5 Å². The SMILES string of the molecule is CC(=O)c1nc(C2CC2)n2cc(-c3nc(Nc4ccc(N5CCNCC5)cn4)ncc3F)cc(F)c12.Cl. The number of rotatable bonds is 6. The highest BCUT2D eigenvalue weighted by atomic mass is 35.5. The highest BCUT2D eigenvalue weighted by Gasteiger charge is 2.31. The number of piperazine rings is 1. The molecule has 6 rings (SSSR count). The fourth-order valence-electron chi connectivity index (χ4n) is 4.51. The van der Waals surface area contributed by atoms with Gasteiger partial charge >= 0.3 is 0 Å². The zero-order valence-electron chi connectivity index (χ0n) is 20.0. The molecular formula is C25H25ClF2N8O. The third-order valence-corrected chi connectivity index (χ3v) is 6.48. The van der Waals surface area contributed by atoms with Crippen molar-refractivity contribution < 1.29 is 13.6 Å². The predicted octanol–water partition coefficient (Wildman–Crippen LogP) is 4.12. The second-order valence-electron chi connectivity index (χ2n) is 9.10. The Labute approximate surface area is 217 Å². The maximum Gasteiger partial charge on any atom is 0.229 e. The highest BCUT2D eigenvalue weighted by molar-refractivity contribution is 5.99. The maximum atomic E-state index is 15.2. The van der Waals surface area contributed by atoms with E-state index in [9.17, 15) is 9.18 Å². The van der Waals surface area contributed by atoms with Crippen LogP contribution in [0.15, 0.2) is 36.8 Å². The molecule has 0 amide bonds. The summed E-state index contributed by atoms with van der Waals surface area (Å²) in [6.07, 6.45) is 6.23. The summed E-state index contributed by atoms with van der Waals surface area (Å²) in [5, 5.41) is 6.31. The lowest BCUT2D eigenvalue weighted by Gasteiger charge is -2.29. The lowest BCUT2D eigenvalue weighted by Crippen LogP contribution is -2.43. The molecule has 5 heterocycles. The second-order valence-corrected chi connectivity index (χ2v) is 9.10. The van der Waals surface area contributed by atoms with Gasteiger partial charge in [-0.25, -0.2) is 28.7 Å². The molecule has 12 heteroatoms. The summed E-state index contributed by atoms with van der Waals surface area (Å²) in [4.78, 5) is 31.5. The number of Topliss-reactive ketones (excluding diaryl/α,β-unsaturated/α-hetero) is 1. The van der Waals surface area contributed by atoms with E-state index in [1.165, 1.54) is 13.0 Å². The summed E-state index contributed by atoms with van der Waals surface area (Å²) in [5.41, 5.74) is 1.37. The van der Waals surface area contributed by atoms with E-state index in [4.69, 9.17) is 0 Å². The smallest absolute Gasteiger partial charge is 0.229 e. The fourth-order valence-corrected chi connectivity index (χ4v) is 4.51. The van der Waals surface area contributed by atoms with Gasteiger partial charge in [-0.1, -0.05) is 0 Å². The highest BCUT2D eigenvalue weighted by Crippen LogP contribution is 2.41. The van der Waals surface area contributed by atoms with Crippen LogP contribution in [-0.2, 0) is 0 Å². The molecule has 4 aromatic heterocycles. The molecule has 1 saturated carbocycles. The molecule has 1 saturated heterocycles. The number of fused-ring (bicyclic) bond motifs is 1. The Morgan fingerprint density at radius 1 is 1.08 bits per heavy atom. The Kier molecular flexibility index (Phi) is 6.74. The van der Waals surface area contributed by atoms with Gasteiger partial charge in [-0.05, 0) is 31.0 Å². The Balaban J connectivity index is 0.00000280. The number of halogens is 3. The first kappa shape index (κ1) is 25.0. The van der Waals surface area contributed by atoms with Crippen molar-refractivity contribution in [2.24, 2.45) is 0 Å². The summed E-state index contributed by atoms with van der Waals surface area (Å²) in [7, 11) is 0. The van der Waals surface area contributed by atoms with E-state index in [1.807, 2.05) is 12.1 Å². The predicted molar refractivity (Wildman–Crippen MR) is 138 cm³/mol. The molecule has 1 aliphatic heterocycles. The van der Waals surface area contributed by atoms with Crippen molar-refractivity contribution in [3.8, 4) is 11.3 Å². The van der Waals surface area contributed by atoms with Gasteiger partial charge in [0.2, 0.25) is 5.95 Å². The number of imidazole rings is 1. The Morgan fingerprint density at radius 3 is 2.54 bits per heavy atom. The third-order valence-electron chi connectivity index (χ3n) is 6.48. The van der Waals surface area contributed by atoms with Gasteiger partial charge in [-0.3, -0.25) is 9.20 Å². The summed E-state index contributed by atoms with van der Waals surface area (Å²) < 4.78 is 31.6. The minimum atomic E-state index is -0.693. The van der Waals surface area contributed by atoms with Gasteiger partial charge < -0.3 is 15.5 Å². The van der Waals surface area contributed by atoms with Crippen LogP contribution in [0.25, 0.3) is 16.8 Å². The first-order valence-electron chi connectivity index (χ1n) is 11.9. The van der Waals surface area contributed by atoms with Gasteiger partial charge in [0.05, 0.1) is 18.1 Å². The molecule has 2 aliphatic rings. The monoisotopic (exact) mass is 526 g/mol. The Bertz CT molecular complexity index is 1470. The lowest BCUT2D eigenvalue weighted by atomic mass is 10.1. The Morgan fingerprint density at radius 2 is 1.86 bits per heavy atom. The molecule has 0 spiro atoms. The van der Waals surface area contributed by atoms with Gasteiger partial charge in [-0.2, -0.15) is 0 Å². The second kappa shape index (κ2) is 9.98. The van der Waals surface area contributed by atoms with Crippen LogP contribution in [0.1, 0.15) is 42.0 Å². The third kappa shape index (κ3) is 4.84. The van der Waals surface area contributed by atoms with E-state index >= 15 is 4.39 Å². The standard InChI is InChI=1S/C25H24F2N8O.ClH/c1-14(36)21-23-18(26)10-16(13-35(23)24(32-21)15-2-3-15)22-19(27)12-30-25(33-22)31-20-5-4-17(11-29-20)34-8-6-28-7-9-34;/h4-5,10-13,15,28H,2-3,6-9H2,1H3,(H,29,30,31,33);1H. The lowest BCUT2D eigenvalue weighted by molar-refractivity contribution is 0.101. The average molecular weight is 527 g/mol. The van der Waals surface area contributed by atoms with Crippen molar-refractivity contribution in [1.82, 2.24) is 29.7 Å². The number of hydrogen-bond donors (Lipinski definition) is 2. The van der Waals surface area contributed by atoms with Crippen molar-refractivity contribution in [2.75, 3.05) is 36.4 Å². The van der Waals surface area contributed by atoms with E-state index in [0.29, 0.717) is 11.6 Å². The molecule has 9 nitrogen and oxygen atoms in total. The number of nitrogens with one attached hydrogen (secondary N) is 2. The number of pyridine rings is 2. The minimum absolute atomic E-state index is 0. The first-order valence-corrected chi connectivity index (χ1v) is 11.9. The molecule has 0 bridgehead atoms. The molecule has 4 aromatic rings. The van der Waals surface area contributed by atoms with Crippen LogP contribution in [0.4, 0.5) is 26.2 Å². The van der Waals surface area contributed by atoms with E-state index in [0.717, 1.165) is 50.9 Å². The topological polar surface area (TPSA) is 100 Å². The molecule has 0 radical (unpaired) electrons. The van der Waals surface area contributed by atoms with Crippen molar-refractivity contribution >= 4 is 41.2 Å². The van der Waals surface area contributed by atoms with Gasteiger partial charge in [-0.15, -0.1) is 12.4 Å². The van der Waals surface area contributed by atoms with Gasteiger partial charge in [0.25, 0.3) is 0 Å². The summed E-state index contributed by atoms with van der Waals surface area (Å²) in [5.74, 6) is -0.269. The van der Waals surface area contributed by atoms with Crippen molar-refractivity contribution in [2.45, 2.75) is 25.7 Å². The molecule has 0 aromatic carbocycles. The van der Waals surface area contributed by atoms with Crippen molar-refractivity contribution in [3.05, 3.63) is 59.9 Å². The van der Waals surface area contributed by atoms with Gasteiger partial charge in [0.1, 0.15) is 34.4 Å². The fraction of sp³-hybridized carbons (Fsp3) is 0.320. The van der Waals surface area contributed by atoms with E-state index in [1.54, 1.807) is 16.8 Å². The van der Waals surface area contributed by atoms with E-state index < -0.39 is 11.6 Å². The largest absolute Gasteiger partial charge is 0.368 e. The molecule has 0 unspecified atom stereocenters. The van der Waals surface area contributed by atoms with Crippen LogP contribution in [0, 0.1) is 11.6 Å². The molecule has 37 heavy (non-hydrogen) atoms. The van der Waals surface area contributed by atoms with Crippen LogP contribution in [-0.4, -0.2) is 56.3 Å². The number of ketones is 1. The maximum absolute atomic E-state index is 15.2. The number of anilines is 3. The van der Waals surface area contributed by atoms with Crippen molar-refractivity contribution in [1.29, 1.82) is 0 Å². The number of carbonyl (C=O) groups is 1. The number of aromatic nitrogens is 5. The summed E-state index contributed by atoms with van der Waals surface area (Å²) in [6, 6.07) is 4.95. The molecule has 2 fully saturated rings. The molecule has 2 N–H and O–H groups in total. The quantitative estimate of drug-likeness (QED) is 0.362. The van der Waals surface area contributed by atoms with E-state index in [-0.39, 0.29) is 52.5 Å². The zero-order chi connectivity index (χ0) is 24.8. The minimum Gasteiger partial charge on any atom is -0.368 e. The normalized spacial score (nSPS) is 15.5. The first-order chi connectivity index (χ1) is 17.5. The van der Waals surface area contributed by atoms with Gasteiger partial charge in [0, 0.05) is 50.8 Å². The van der Waals surface area contributed by atoms with Crippen LogP contribution in [0.3, 0.4) is 0 Å². The Hall–Kier alpha value is -3.70. The molecular weight excluding hydrogens is 502 g/mol. The summed E-state index contributed by atoms with van der Waals surface area (Å²) >= 11 is 0. The number of carbonyl (C=O) groups excluding carboxylic acids is 1. The van der Waals surface area contributed by atoms with Crippen LogP contribution in [0.2, 0.25) is 0 Å². The van der Waals surface area contributed by atoms with Gasteiger partial charge in [0.15, 0.2) is 11.6 Å². The van der Waals surface area contributed by atoms with Crippen molar-refractivity contribution in [3.63, 3.8) is 0 Å². The molecule has 0 atom stereocenters. The molecule has 192 valence electrons. The van der Waals surface area contributed by atoms with Crippen LogP contribution < -0.4 is 15.5 Å². The average Bonchev–Trinajstić information content (AvgIpc) is 3.65. The van der Waals surface area contributed by atoms with Crippen LogP contribution in [0.5, 0.6) is 0 Å². The zero-order valence-corrected chi connectivity index (χ0v) is 20.9. The summed E-state index contributed by atoms with van der Waals surface area (Å²) in [6.45, 7) is 5.03. The number of hydrogen-bond acceptors (Lipinski definition) is 8.